The van der Waals surface area contributed by atoms with E-state index in [1.165, 1.54) is 0 Å². The van der Waals surface area contributed by atoms with Crippen LogP contribution in [0.25, 0.3) is 11.3 Å². The number of carbonyl (C=O) groups is 1. The van der Waals surface area contributed by atoms with Crippen molar-refractivity contribution in [3.8, 4) is 11.3 Å². The van der Waals surface area contributed by atoms with Gasteiger partial charge in [0.25, 0.3) is 5.91 Å². The van der Waals surface area contributed by atoms with E-state index >= 15 is 0 Å². The molecule has 1 aliphatic heterocycles. The summed E-state index contributed by atoms with van der Waals surface area (Å²) in [5.41, 5.74) is 10.4. The molecule has 0 spiro atoms. The molecule has 1 fully saturated rings. The Morgan fingerprint density at radius 1 is 1.15 bits per heavy atom. The number of amides is 1. The van der Waals surface area contributed by atoms with Crippen LogP contribution in [0.2, 0.25) is 0 Å². The SMILES string of the molecule is Cc1c(C(N)=O)c(C)n(CCCN2CCOCC2)c1-c1ccc(Br)cc1. The number of carbonyl (C=O) groups excluding carboxylic acids is 1. The van der Waals surface area contributed by atoms with E-state index in [2.05, 4.69) is 37.5 Å². The van der Waals surface area contributed by atoms with E-state index in [1.54, 1.807) is 0 Å². The van der Waals surface area contributed by atoms with Crippen molar-refractivity contribution in [1.82, 2.24) is 9.47 Å². The maximum Gasteiger partial charge on any atom is 0.250 e. The first-order valence-corrected chi connectivity index (χ1v) is 9.84. The first-order chi connectivity index (χ1) is 12.5. The fourth-order valence-corrected chi connectivity index (χ4v) is 4.06. The third-order valence-electron chi connectivity index (χ3n) is 5.09. The van der Waals surface area contributed by atoms with Gasteiger partial charge in [0, 0.05) is 36.3 Å². The Morgan fingerprint density at radius 2 is 1.81 bits per heavy atom. The lowest BCUT2D eigenvalue weighted by atomic mass is 10.0. The minimum atomic E-state index is -0.356. The number of primary amides is 1. The first kappa shape index (κ1) is 19.1. The summed E-state index contributed by atoms with van der Waals surface area (Å²) in [5.74, 6) is -0.356. The minimum absolute atomic E-state index is 0.356. The van der Waals surface area contributed by atoms with Gasteiger partial charge in [0.15, 0.2) is 0 Å². The van der Waals surface area contributed by atoms with Crippen LogP contribution in [0.1, 0.15) is 28.0 Å². The van der Waals surface area contributed by atoms with Crippen molar-refractivity contribution in [2.24, 2.45) is 5.73 Å². The maximum absolute atomic E-state index is 12.0. The van der Waals surface area contributed by atoms with Gasteiger partial charge in [0.2, 0.25) is 0 Å². The molecule has 1 aromatic carbocycles. The smallest absolute Gasteiger partial charge is 0.250 e. The lowest BCUT2D eigenvalue weighted by molar-refractivity contribution is 0.0369. The highest BCUT2D eigenvalue weighted by Gasteiger charge is 2.22. The van der Waals surface area contributed by atoms with Gasteiger partial charge in [-0.3, -0.25) is 9.69 Å². The highest BCUT2D eigenvalue weighted by Crippen LogP contribution is 2.32. The third kappa shape index (κ3) is 4.03. The molecule has 0 aliphatic carbocycles. The fraction of sp³-hybridized carbons (Fsp3) is 0.450. The molecule has 2 N–H and O–H groups in total. The summed E-state index contributed by atoms with van der Waals surface area (Å²) < 4.78 is 8.70. The van der Waals surface area contributed by atoms with Crippen LogP contribution in [0.4, 0.5) is 0 Å². The number of halogens is 1. The monoisotopic (exact) mass is 419 g/mol. The van der Waals surface area contributed by atoms with Gasteiger partial charge in [0.05, 0.1) is 24.5 Å². The van der Waals surface area contributed by atoms with Crippen LogP contribution in [-0.4, -0.2) is 48.2 Å². The number of morpholine rings is 1. The van der Waals surface area contributed by atoms with Crippen molar-refractivity contribution < 1.29 is 9.53 Å². The Bertz CT molecular complexity index is 777. The van der Waals surface area contributed by atoms with Gasteiger partial charge in [-0.25, -0.2) is 0 Å². The molecule has 1 saturated heterocycles. The predicted octanol–water partition coefficient (Wildman–Crippen LogP) is 3.36. The van der Waals surface area contributed by atoms with Gasteiger partial charge >= 0.3 is 0 Å². The van der Waals surface area contributed by atoms with Crippen LogP contribution in [0.5, 0.6) is 0 Å². The van der Waals surface area contributed by atoms with E-state index < -0.39 is 0 Å². The lowest BCUT2D eigenvalue weighted by Crippen LogP contribution is -2.37. The van der Waals surface area contributed by atoms with Crippen molar-refractivity contribution in [1.29, 1.82) is 0 Å². The third-order valence-corrected chi connectivity index (χ3v) is 5.62. The van der Waals surface area contributed by atoms with Crippen molar-refractivity contribution in [2.45, 2.75) is 26.8 Å². The average Bonchev–Trinajstić information content (AvgIpc) is 2.87. The maximum atomic E-state index is 12.0. The summed E-state index contributed by atoms with van der Waals surface area (Å²) in [4.78, 5) is 14.4. The number of rotatable bonds is 6. The van der Waals surface area contributed by atoms with Crippen molar-refractivity contribution >= 4 is 21.8 Å². The lowest BCUT2D eigenvalue weighted by Gasteiger charge is -2.26. The molecule has 0 bridgehead atoms. The summed E-state index contributed by atoms with van der Waals surface area (Å²) in [7, 11) is 0. The van der Waals surface area contributed by atoms with Gasteiger partial charge in [0.1, 0.15) is 0 Å². The van der Waals surface area contributed by atoms with Crippen LogP contribution in [0.15, 0.2) is 28.7 Å². The van der Waals surface area contributed by atoms with Gasteiger partial charge in [-0.2, -0.15) is 0 Å². The van der Waals surface area contributed by atoms with E-state index in [0.29, 0.717) is 5.56 Å². The van der Waals surface area contributed by atoms with Crippen molar-refractivity contribution in [3.63, 3.8) is 0 Å². The van der Waals surface area contributed by atoms with Crippen LogP contribution in [0.3, 0.4) is 0 Å². The molecule has 5 nitrogen and oxygen atoms in total. The molecule has 2 heterocycles. The standard InChI is InChI=1S/C20H26BrN3O2/c1-14-18(20(22)25)15(2)24(9-3-8-23-10-12-26-13-11-23)19(14)16-4-6-17(21)7-5-16/h4-7H,3,8-13H2,1-2H3,(H2,22,25). The first-order valence-electron chi connectivity index (χ1n) is 9.04. The minimum Gasteiger partial charge on any atom is -0.379 e. The van der Waals surface area contributed by atoms with Crippen LogP contribution >= 0.6 is 15.9 Å². The quantitative estimate of drug-likeness (QED) is 0.780. The second kappa shape index (κ2) is 8.37. The van der Waals surface area contributed by atoms with Gasteiger partial charge in [-0.1, -0.05) is 28.1 Å². The molecular formula is C20H26BrN3O2. The summed E-state index contributed by atoms with van der Waals surface area (Å²) in [5, 5.41) is 0. The van der Waals surface area contributed by atoms with Crippen molar-refractivity contribution in [2.75, 3.05) is 32.8 Å². The fourth-order valence-electron chi connectivity index (χ4n) is 3.79. The number of benzene rings is 1. The molecule has 0 atom stereocenters. The van der Waals surface area contributed by atoms with Crippen LogP contribution in [-0.2, 0) is 11.3 Å². The highest BCUT2D eigenvalue weighted by molar-refractivity contribution is 9.10. The van der Waals surface area contributed by atoms with Gasteiger partial charge < -0.3 is 15.0 Å². The van der Waals surface area contributed by atoms with E-state index in [1.807, 2.05) is 26.0 Å². The van der Waals surface area contributed by atoms with E-state index in [4.69, 9.17) is 10.5 Å². The molecule has 3 rings (SSSR count). The zero-order valence-corrected chi connectivity index (χ0v) is 17.0. The normalized spacial score (nSPS) is 15.3. The molecule has 2 aromatic rings. The Hall–Kier alpha value is -1.63. The molecule has 0 radical (unpaired) electrons. The van der Waals surface area contributed by atoms with E-state index in [0.717, 1.165) is 72.8 Å². The largest absolute Gasteiger partial charge is 0.379 e. The number of ether oxygens (including phenoxy) is 1. The molecule has 0 saturated carbocycles. The van der Waals surface area contributed by atoms with Crippen LogP contribution in [0, 0.1) is 13.8 Å². The number of nitrogens with two attached hydrogens (primary N) is 1. The molecule has 1 aromatic heterocycles. The molecule has 26 heavy (non-hydrogen) atoms. The second-order valence-electron chi connectivity index (χ2n) is 6.76. The Morgan fingerprint density at radius 3 is 2.42 bits per heavy atom. The molecule has 140 valence electrons. The zero-order chi connectivity index (χ0) is 18.7. The van der Waals surface area contributed by atoms with E-state index in [-0.39, 0.29) is 5.91 Å². The number of hydrogen-bond donors (Lipinski definition) is 1. The average molecular weight is 420 g/mol. The number of aromatic nitrogens is 1. The summed E-state index contributed by atoms with van der Waals surface area (Å²) in [6.07, 6.45) is 1.02. The number of hydrogen-bond acceptors (Lipinski definition) is 3. The summed E-state index contributed by atoms with van der Waals surface area (Å²) in [6, 6.07) is 8.21. The van der Waals surface area contributed by atoms with Gasteiger partial charge in [-0.05, 0) is 43.5 Å². The Kier molecular flexibility index (Phi) is 6.16. The molecule has 1 aliphatic rings. The summed E-state index contributed by atoms with van der Waals surface area (Å²) in [6.45, 7) is 9.50. The summed E-state index contributed by atoms with van der Waals surface area (Å²) >= 11 is 3.49. The predicted molar refractivity (Wildman–Crippen MR) is 107 cm³/mol. The topological polar surface area (TPSA) is 60.5 Å². The molecule has 1 amide bonds. The van der Waals surface area contributed by atoms with Gasteiger partial charge in [-0.15, -0.1) is 0 Å². The van der Waals surface area contributed by atoms with E-state index in [9.17, 15) is 4.79 Å². The molecule has 0 unspecified atom stereocenters. The second-order valence-corrected chi connectivity index (χ2v) is 7.68. The molecular weight excluding hydrogens is 394 g/mol. The highest BCUT2D eigenvalue weighted by atomic mass is 79.9. The Labute approximate surface area is 163 Å². The zero-order valence-electron chi connectivity index (χ0n) is 15.4. The number of nitrogens with zero attached hydrogens (tertiary/aromatic N) is 2. The Balaban J connectivity index is 1.88. The molecule has 6 heteroatoms. The van der Waals surface area contributed by atoms with Crippen molar-refractivity contribution in [3.05, 3.63) is 45.6 Å². The van der Waals surface area contributed by atoms with Crippen LogP contribution < -0.4 is 5.73 Å².